The Morgan fingerprint density at radius 1 is 1.11 bits per heavy atom. The van der Waals surface area contributed by atoms with Crippen LogP contribution in [0.2, 0.25) is 0 Å². The van der Waals surface area contributed by atoms with E-state index in [-0.39, 0.29) is 29.1 Å². The quantitative estimate of drug-likeness (QED) is 0.191. The molecule has 0 saturated carbocycles. The molecule has 1 aromatic rings. The fraction of sp³-hybridized carbons (Fsp3) is 0.595. The van der Waals surface area contributed by atoms with E-state index in [2.05, 4.69) is 64.9 Å². The minimum atomic E-state index is -0.215. The van der Waals surface area contributed by atoms with Crippen molar-refractivity contribution in [1.82, 2.24) is 9.80 Å². The third kappa shape index (κ3) is 9.33. The number of allylic oxidation sites excluding steroid dienone is 2. The van der Waals surface area contributed by atoms with Gasteiger partial charge in [-0.2, -0.15) is 0 Å². The number of carbonyl (C=O) groups excluding carboxylic acids is 2. The fourth-order valence-electron chi connectivity index (χ4n) is 6.21. The van der Waals surface area contributed by atoms with Crippen LogP contribution in [-0.4, -0.2) is 46.5 Å². The van der Waals surface area contributed by atoms with Crippen molar-refractivity contribution in [3.05, 3.63) is 59.7 Å². The number of rotatable bonds is 16. The van der Waals surface area contributed by atoms with Gasteiger partial charge in [-0.05, 0) is 95.1 Å². The molecule has 244 valence electrons. The lowest BCUT2D eigenvalue weighted by molar-refractivity contribution is -0.132. The Morgan fingerprint density at radius 2 is 1.77 bits per heavy atom. The highest BCUT2D eigenvalue weighted by Gasteiger charge is 2.32. The maximum absolute atomic E-state index is 12.2. The number of benzene rings is 1. The number of ketones is 1. The molecule has 3 unspecified atom stereocenters. The average molecular weight is 607 g/mol. The summed E-state index contributed by atoms with van der Waals surface area (Å²) >= 11 is 0. The van der Waals surface area contributed by atoms with Gasteiger partial charge in [0.1, 0.15) is 11.6 Å². The van der Waals surface area contributed by atoms with E-state index in [0.717, 1.165) is 54.6 Å². The van der Waals surface area contributed by atoms with Crippen molar-refractivity contribution in [2.24, 2.45) is 34.4 Å². The first-order valence-electron chi connectivity index (χ1n) is 16.3. The molecule has 0 aliphatic carbocycles. The second-order valence-electron chi connectivity index (χ2n) is 13.5. The summed E-state index contributed by atoms with van der Waals surface area (Å²) < 4.78 is 6.11. The van der Waals surface area contributed by atoms with Crippen molar-refractivity contribution in [3.63, 3.8) is 0 Å². The van der Waals surface area contributed by atoms with Crippen LogP contribution in [0.15, 0.2) is 53.6 Å². The maximum atomic E-state index is 12.2. The summed E-state index contributed by atoms with van der Waals surface area (Å²) in [6.45, 7) is 25.7. The maximum Gasteiger partial charge on any atom is 0.219 e. The molecule has 0 bridgehead atoms. The molecule has 1 aromatic carbocycles. The lowest BCUT2D eigenvalue weighted by Gasteiger charge is -2.38. The van der Waals surface area contributed by atoms with Crippen molar-refractivity contribution in [1.29, 1.82) is 0 Å². The van der Waals surface area contributed by atoms with Crippen LogP contribution in [0.1, 0.15) is 117 Å². The van der Waals surface area contributed by atoms with Gasteiger partial charge in [-0.25, -0.2) is 4.99 Å². The van der Waals surface area contributed by atoms with Crippen LogP contribution in [0.25, 0.3) is 5.57 Å². The standard InChI is InChI=1S/C37H58N4O3/c1-13-26(6)34(32-18-17-31(28(8)42)22-33(32)44-14-2)35-36(38)39-19-20-41(35)27(7)30(21-24(3)4)16-15-25(5)23-37(10,11)40(12)29(9)43/h17-20,22,24-26,30H,7,13-16,21,23H2,1-6,8-12H3,(H2,38,39)/b35-34+. The Balaban J connectivity index is 2.57. The number of Topliss-reactive ketones (excluding diaryl/α,β-unsaturated/α-hetero) is 1. The predicted octanol–water partition coefficient (Wildman–Crippen LogP) is 8.43. The molecule has 1 aliphatic heterocycles. The van der Waals surface area contributed by atoms with Gasteiger partial charge in [0.05, 0.1) is 12.3 Å². The van der Waals surface area contributed by atoms with Crippen molar-refractivity contribution in [2.45, 2.75) is 107 Å². The first-order chi connectivity index (χ1) is 20.5. The van der Waals surface area contributed by atoms with Gasteiger partial charge in [-0.15, -0.1) is 0 Å². The first-order valence-corrected chi connectivity index (χ1v) is 16.3. The zero-order valence-corrected chi connectivity index (χ0v) is 29.3. The number of hydrogen-bond acceptors (Lipinski definition) is 6. The van der Waals surface area contributed by atoms with Gasteiger partial charge in [0, 0.05) is 48.7 Å². The molecule has 44 heavy (non-hydrogen) atoms. The van der Waals surface area contributed by atoms with Crippen molar-refractivity contribution in [3.8, 4) is 5.75 Å². The van der Waals surface area contributed by atoms with Crippen LogP contribution in [0, 0.1) is 23.7 Å². The highest BCUT2D eigenvalue weighted by molar-refractivity contribution is 6.05. The largest absolute Gasteiger partial charge is 0.493 e. The van der Waals surface area contributed by atoms with Crippen LogP contribution in [-0.2, 0) is 4.79 Å². The number of nitrogens with zero attached hydrogens (tertiary/aromatic N) is 3. The van der Waals surface area contributed by atoms with Crippen LogP contribution in [0.5, 0.6) is 5.75 Å². The van der Waals surface area contributed by atoms with E-state index in [4.69, 9.17) is 10.5 Å². The summed E-state index contributed by atoms with van der Waals surface area (Å²) in [5.74, 6) is 2.45. The normalized spacial score (nSPS) is 16.7. The Labute approximate surface area is 267 Å². The number of carbonyl (C=O) groups is 2. The van der Waals surface area contributed by atoms with E-state index in [9.17, 15) is 9.59 Å². The Hall–Kier alpha value is -3.35. The molecule has 7 nitrogen and oxygen atoms in total. The molecule has 1 amide bonds. The summed E-state index contributed by atoms with van der Waals surface area (Å²) in [4.78, 5) is 32.8. The molecule has 0 spiro atoms. The van der Waals surface area contributed by atoms with Crippen LogP contribution in [0.4, 0.5) is 0 Å². The van der Waals surface area contributed by atoms with E-state index in [1.807, 2.05) is 43.3 Å². The van der Waals surface area contributed by atoms with Gasteiger partial charge in [0.25, 0.3) is 0 Å². The van der Waals surface area contributed by atoms with E-state index >= 15 is 0 Å². The summed E-state index contributed by atoms with van der Waals surface area (Å²) in [6, 6.07) is 5.68. The van der Waals surface area contributed by atoms with Crippen molar-refractivity contribution in [2.75, 3.05) is 13.7 Å². The van der Waals surface area contributed by atoms with E-state index < -0.39 is 0 Å². The van der Waals surface area contributed by atoms with E-state index in [1.165, 1.54) is 0 Å². The molecular formula is C37H58N4O3. The van der Waals surface area contributed by atoms with Crippen molar-refractivity contribution < 1.29 is 14.3 Å². The van der Waals surface area contributed by atoms with Gasteiger partial charge in [-0.1, -0.05) is 53.3 Å². The topological polar surface area (TPSA) is 88.2 Å². The van der Waals surface area contributed by atoms with Crippen molar-refractivity contribution >= 4 is 23.1 Å². The highest BCUT2D eigenvalue weighted by atomic mass is 16.5. The molecule has 2 N–H and O–H groups in total. The lowest BCUT2D eigenvalue weighted by Crippen LogP contribution is -2.45. The van der Waals surface area contributed by atoms with E-state index in [1.54, 1.807) is 20.0 Å². The number of amidine groups is 1. The number of nitrogens with two attached hydrogens (primary N) is 1. The monoisotopic (exact) mass is 606 g/mol. The summed E-state index contributed by atoms with van der Waals surface area (Å²) in [5.41, 5.74) is 10.9. The zero-order valence-electron chi connectivity index (χ0n) is 29.3. The van der Waals surface area contributed by atoms with Crippen LogP contribution in [0.3, 0.4) is 0 Å². The number of ether oxygens (including phenoxy) is 1. The van der Waals surface area contributed by atoms with Gasteiger partial charge >= 0.3 is 0 Å². The molecule has 2 rings (SSSR count). The Kier molecular flexibility index (Phi) is 13.5. The van der Waals surface area contributed by atoms with Crippen LogP contribution >= 0.6 is 0 Å². The fourth-order valence-corrected chi connectivity index (χ4v) is 6.21. The SMILES string of the molecule is C=C(C(CCC(C)CC(C)(C)N(C)C(C)=O)CC(C)C)N1C=CN=C(N)/C1=C(\c1ccc(C(C)=O)cc1OCC)C(C)CC. The second-order valence-corrected chi connectivity index (χ2v) is 13.5. The first kappa shape index (κ1) is 36.8. The molecule has 3 atom stereocenters. The minimum absolute atomic E-state index is 0.00555. The second kappa shape index (κ2) is 16.1. The molecule has 0 saturated heterocycles. The van der Waals surface area contributed by atoms with Gasteiger partial charge < -0.3 is 20.3 Å². The highest BCUT2D eigenvalue weighted by Crippen LogP contribution is 2.41. The molecule has 0 radical (unpaired) electrons. The van der Waals surface area contributed by atoms with Crippen LogP contribution < -0.4 is 10.5 Å². The zero-order chi connectivity index (χ0) is 33.4. The molecule has 0 fully saturated rings. The van der Waals surface area contributed by atoms with Gasteiger partial charge in [0.2, 0.25) is 5.91 Å². The summed E-state index contributed by atoms with van der Waals surface area (Å²) in [6.07, 6.45) is 8.51. The van der Waals surface area contributed by atoms with Gasteiger partial charge in [0.15, 0.2) is 5.78 Å². The molecule has 1 heterocycles. The third-order valence-corrected chi connectivity index (χ3v) is 9.02. The molecule has 0 aromatic heterocycles. The molecule has 7 heteroatoms. The average Bonchev–Trinajstić information content (AvgIpc) is 2.95. The number of amides is 1. The Morgan fingerprint density at radius 3 is 2.32 bits per heavy atom. The third-order valence-electron chi connectivity index (χ3n) is 9.02. The summed E-state index contributed by atoms with van der Waals surface area (Å²) in [5, 5.41) is 0. The molecular weight excluding hydrogens is 548 g/mol. The Bertz CT molecular complexity index is 1270. The summed E-state index contributed by atoms with van der Waals surface area (Å²) in [7, 11) is 1.89. The van der Waals surface area contributed by atoms with E-state index in [0.29, 0.717) is 35.6 Å². The molecule has 1 aliphatic rings. The number of aliphatic imine (C=N–C) groups is 1. The van der Waals surface area contributed by atoms with Gasteiger partial charge in [-0.3, -0.25) is 9.59 Å². The number of hydrogen-bond donors (Lipinski definition) is 1. The minimum Gasteiger partial charge on any atom is -0.493 e. The smallest absolute Gasteiger partial charge is 0.219 e. The predicted molar refractivity (Wildman–Crippen MR) is 184 cm³/mol. The lowest BCUT2D eigenvalue weighted by atomic mass is 9.82.